The van der Waals surface area contributed by atoms with E-state index in [1.807, 2.05) is 23.1 Å². The molecule has 3 fully saturated rings. The lowest BCUT2D eigenvalue weighted by Gasteiger charge is -2.37. The number of carbonyl (C=O) groups is 1. The number of rotatable bonds is 6. The molecule has 1 amide bonds. The largest absolute Gasteiger partial charge is 0.483 e. The van der Waals surface area contributed by atoms with E-state index in [-0.39, 0.29) is 12.5 Å². The quantitative estimate of drug-likeness (QED) is 0.679. The van der Waals surface area contributed by atoms with Crippen LogP contribution in [-0.2, 0) is 4.79 Å². The van der Waals surface area contributed by atoms with Crippen molar-refractivity contribution in [3.8, 4) is 5.75 Å². The Labute approximate surface area is 186 Å². The molecule has 0 N–H and O–H groups in total. The van der Waals surface area contributed by atoms with E-state index >= 15 is 0 Å². The topological polar surface area (TPSA) is 36.0 Å². The molecule has 5 nitrogen and oxygen atoms in total. The fourth-order valence-electron chi connectivity index (χ4n) is 5.33. The smallest absolute Gasteiger partial charge is 0.260 e. The molecular formula is C24H36ClN3O2. The van der Waals surface area contributed by atoms with Crippen molar-refractivity contribution >= 4 is 17.5 Å². The minimum atomic E-state index is 0.106. The van der Waals surface area contributed by atoms with Gasteiger partial charge in [0.1, 0.15) is 5.75 Å². The molecule has 6 heteroatoms. The predicted octanol–water partition coefficient (Wildman–Crippen LogP) is 4.00. The van der Waals surface area contributed by atoms with Gasteiger partial charge in [-0.1, -0.05) is 37.8 Å². The fourth-order valence-corrected chi connectivity index (χ4v) is 5.51. The summed E-state index contributed by atoms with van der Waals surface area (Å²) in [5, 5.41) is 0.750. The van der Waals surface area contributed by atoms with Gasteiger partial charge in [0.15, 0.2) is 6.61 Å². The molecule has 1 unspecified atom stereocenters. The Morgan fingerprint density at radius 3 is 2.57 bits per heavy atom. The van der Waals surface area contributed by atoms with E-state index in [4.69, 9.17) is 16.3 Å². The average molecular weight is 434 g/mol. The molecule has 1 atom stereocenters. The summed E-state index contributed by atoms with van der Waals surface area (Å²) in [6.07, 6.45) is 7.28. The van der Waals surface area contributed by atoms with Crippen LogP contribution in [-0.4, -0.2) is 79.1 Å². The maximum atomic E-state index is 12.8. The van der Waals surface area contributed by atoms with E-state index in [1.165, 1.54) is 37.7 Å². The van der Waals surface area contributed by atoms with Crippen LogP contribution in [0.25, 0.3) is 0 Å². The lowest BCUT2D eigenvalue weighted by molar-refractivity contribution is -0.132. The lowest BCUT2D eigenvalue weighted by Crippen LogP contribution is -2.51. The van der Waals surface area contributed by atoms with E-state index in [1.54, 1.807) is 0 Å². The maximum absolute atomic E-state index is 12.8. The van der Waals surface area contributed by atoms with Crippen molar-refractivity contribution in [2.24, 2.45) is 0 Å². The number of nitrogens with zero attached hydrogens (tertiary/aromatic N) is 3. The first-order valence-electron chi connectivity index (χ1n) is 11.8. The lowest BCUT2D eigenvalue weighted by atomic mass is 9.84. The highest BCUT2D eigenvalue weighted by atomic mass is 35.5. The van der Waals surface area contributed by atoms with Crippen molar-refractivity contribution in [2.45, 2.75) is 57.4 Å². The Kier molecular flexibility index (Phi) is 7.55. The highest BCUT2D eigenvalue weighted by molar-refractivity contribution is 6.30. The van der Waals surface area contributed by atoms with E-state index in [9.17, 15) is 4.79 Å². The summed E-state index contributed by atoms with van der Waals surface area (Å²) in [6, 6.07) is 6.36. The van der Waals surface area contributed by atoms with E-state index < -0.39 is 0 Å². The first-order valence-corrected chi connectivity index (χ1v) is 12.2. The molecule has 166 valence electrons. The second-order valence-electron chi connectivity index (χ2n) is 9.06. The molecular weight excluding hydrogens is 398 g/mol. The summed E-state index contributed by atoms with van der Waals surface area (Å²) in [4.78, 5) is 19.9. The van der Waals surface area contributed by atoms with Gasteiger partial charge in [-0.15, -0.1) is 0 Å². The Bertz CT molecular complexity index is 714. The van der Waals surface area contributed by atoms with Crippen molar-refractivity contribution in [2.75, 3.05) is 52.4 Å². The van der Waals surface area contributed by atoms with Crippen LogP contribution in [0, 0.1) is 0 Å². The van der Waals surface area contributed by atoms with Crippen LogP contribution >= 0.6 is 11.6 Å². The highest BCUT2D eigenvalue weighted by Crippen LogP contribution is 2.38. The number of amides is 1. The molecule has 3 aliphatic rings. The van der Waals surface area contributed by atoms with Gasteiger partial charge in [-0.25, -0.2) is 0 Å². The summed E-state index contributed by atoms with van der Waals surface area (Å²) in [7, 11) is 0. The monoisotopic (exact) mass is 433 g/mol. The van der Waals surface area contributed by atoms with Gasteiger partial charge in [0.25, 0.3) is 5.91 Å². The van der Waals surface area contributed by atoms with Crippen molar-refractivity contribution in [3.05, 3.63) is 28.8 Å². The van der Waals surface area contributed by atoms with Crippen molar-refractivity contribution < 1.29 is 9.53 Å². The Morgan fingerprint density at radius 2 is 1.83 bits per heavy atom. The zero-order chi connectivity index (χ0) is 20.9. The van der Waals surface area contributed by atoms with Crippen LogP contribution in [0.5, 0.6) is 5.75 Å². The van der Waals surface area contributed by atoms with Gasteiger partial charge in [0.2, 0.25) is 0 Å². The molecule has 0 radical (unpaired) electrons. The third-order valence-electron chi connectivity index (χ3n) is 7.25. The maximum Gasteiger partial charge on any atom is 0.260 e. The highest BCUT2D eigenvalue weighted by Gasteiger charge is 2.32. The molecule has 2 saturated heterocycles. The number of ether oxygens (including phenoxy) is 1. The van der Waals surface area contributed by atoms with Gasteiger partial charge in [0.05, 0.1) is 0 Å². The minimum absolute atomic E-state index is 0.106. The number of likely N-dealkylation sites (N-methyl/N-ethyl adjacent to an activating group) is 1. The van der Waals surface area contributed by atoms with E-state index in [0.717, 1.165) is 63.0 Å². The molecule has 1 aromatic rings. The summed E-state index contributed by atoms with van der Waals surface area (Å²) in [6.45, 7) is 9.69. The average Bonchev–Trinajstić information content (AvgIpc) is 3.29. The molecule has 2 aliphatic heterocycles. The number of carbonyl (C=O) groups excluding carboxylic acids is 1. The number of likely N-dealkylation sites (tertiary alicyclic amines) is 1. The van der Waals surface area contributed by atoms with Crippen LogP contribution in [0.3, 0.4) is 0 Å². The third-order valence-corrected chi connectivity index (χ3v) is 7.49. The number of halogens is 1. The van der Waals surface area contributed by atoms with Gasteiger partial charge in [-0.3, -0.25) is 9.69 Å². The van der Waals surface area contributed by atoms with Crippen LogP contribution in [0.2, 0.25) is 5.02 Å². The van der Waals surface area contributed by atoms with Crippen molar-refractivity contribution in [1.29, 1.82) is 0 Å². The van der Waals surface area contributed by atoms with E-state index in [2.05, 4.69) is 16.7 Å². The molecule has 0 aromatic heterocycles. The number of hydrogen-bond donors (Lipinski definition) is 0. The zero-order valence-corrected chi connectivity index (χ0v) is 19.1. The molecule has 4 rings (SSSR count). The zero-order valence-electron chi connectivity index (χ0n) is 18.3. The number of hydrogen-bond acceptors (Lipinski definition) is 4. The second-order valence-corrected chi connectivity index (χ2v) is 9.49. The van der Waals surface area contributed by atoms with Crippen LogP contribution in [0.15, 0.2) is 18.2 Å². The predicted molar refractivity (Wildman–Crippen MR) is 121 cm³/mol. The summed E-state index contributed by atoms with van der Waals surface area (Å²) < 4.78 is 6.06. The molecule has 30 heavy (non-hydrogen) atoms. The van der Waals surface area contributed by atoms with Crippen LogP contribution in [0.4, 0.5) is 0 Å². The summed E-state index contributed by atoms with van der Waals surface area (Å²) in [5.41, 5.74) is 1.18. The van der Waals surface area contributed by atoms with Crippen LogP contribution < -0.4 is 4.74 Å². The molecule has 0 spiro atoms. The molecule has 0 bridgehead atoms. The minimum Gasteiger partial charge on any atom is -0.483 e. The van der Waals surface area contributed by atoms with E-state index in [0.29, 0.717) is 12.0 Å². The Balaban J connectivity index is 1.30. The van der Waals surface area contributed by atoms with Gasteiger partial charge in [-0.2, -0.15) is 0 Å². The SMILES string of the molecule is CCN1CCN(C2CCN(C(=O)COc3ccc(Cl)cc3C3CCCCC3)C2)CC1. The van der Waals surface area contributed by atoms with Gasteiger partial charge in [-0.05, 0) is 55.5 Å². The third kappa shape index (κ3) is 5.30. The Morgan fingerprint density at radius 1 is 1.07 bits per heavy atom. The first kappa shape index (κ1) is 21.9. The van der Waals surface area contributed by atoms with Crippen LogP contribution in [0.1, 0.15) is 56.9 Å². The molecule has 1 aromatic carbocycles. The summed E-state index contributed by atoms with van der Waals surface area (Å²) >= 11 is 6.27. The molecule has 2 heterocycles. The number of benzene rings is 1. The molecule has 1 saturated carbocycles. The van der Waals surface area contributed by atoms with Crippen molar-refractivity contribution in [3.63, 3.8) is 0 Å². The normalized spacial score (nSPS) is 24.3. The first-order chi connectivity index (χ1) is 14.6. The van der Waals surface area contributed by atoms with Crippen molar-refractivity contribution in [1.82, 2.24) is 14.7 Å². The van der Waals surface area contributed by atoms with Gasteiger partial charge in [0, 0.05) is 50.3 Å². The fraction of sp³-hybridized carbons (Fsp3) is 0.708. The number of piperazine rings is 1. The van der Waals surface area contributed by atoms with Gasteiger partial charge < -0.3 is 14.5 Å². The second kappa shape index (κ2) is 10.3. The molecule has 1 aliphatic carbocycles. The Hall–Kier alpha value is -1.30. The van der Waals surface area contributed by atoms with Gasteiger partial charge >= 0.3 is 0 Å². The standard InChI is InChI=1S/C24H36ClN3O2/c1-2-26-12-14-27(15-13-26)21-10-11-28(17-21)24(29)18-30-23-9-8-20(25)16-22(23)19-6-4-3-5-7-19/h8-9,16,19,21H,2-7,10-15,17-18H2,1H3. The summed E-state index contributed by atoms with van der Waals surface area (Å²) in [5.74, 6) is 1.45.